The van der Waals surface area contributed by atoms with Gasteiger partial charge in [-0.3, -0.25) is 9.78 Å². The Morgan fingerprint density at radius 2 is 1.46 bits per heavy atom. The summed E-state index contributed by atoms with van der Waals surface area (Å²) < 4.78 is 6.73. The van der Waals surface area contributed by atoms with E-state index in [4.69, 9.17) is 9.40 Å². The summed E-state index contributed by atoms with van der Waals surface area (Å²) >= 11 is 0. The fraction of sp³-hybridized carbons (Fsp3) is 0.451. The maximum absolute atomic E-state index is 12.1. The van der Waals surface area contributed by atoms with Gasteiger partial charge >= 0.3 is 0 Å². The van der Waals surface area contributed by atoms with E-state index in [2.05, 4.69) is 115 Å². The van der Waals surface area contributed by atoms with Gasteiger partial charge in [0.1, 0.15) is 16.9 Å². The molecule has 4 nitrogen and oxygen atoms in total. The molecule has 0 bridgehead atoms. The summed E-state index contributed by atoms with van der Waals surface area (Å²) in [5, 5.41) is 17.1. The van der Waals surface area contributed by atoms with Crippen molar-refractivity contribution in [3.63, 3.8) is 0 Å². The number of nitrogens with zero attached hydrogens (tertiary/aromatic N) is 1. The van der Waals surface area contributed by atoms with Crippen LogP contribution >= 0.6 is 0 Å². The molecule has 299 valence electrons. The minimum atomic E-state index is 0. The average Bonchev–Trinajstić information content (AvgIpc) is 3.52. The molecule has 1 N–H and O–H groups in total. The molecule has 56 heavy (non-hydrogen) atoms. The fourth-order valence-electron chi connectivity index (χ4n) is 8.89. The van der Waals surface area contributed by atoms with E-state index in [1.165, 1.54) is 33.9 Å². The summed E-state index contributed by atoms with van der Waals surface area (Å²) in [6.07, 6.45) is 7.74. The van der Waals surface area contributed by atoms with Crippen LogP contribution in [-0.2, 0) is 41.1 Å². The van der Waals surface area contributed by atoms with Gasteiger partial charge in [-0.1, -0.05) is 117 Å². The van der Waals surface area contributed by atoms with Gasteiger partial charge in [0.2, 0.25) is 0 Å². The molecule has 5 heteroatoms. The van der Waals surface area contributed by atoms with Crippen LogP contribution in [0.3, 0.4) is 0 Å². The minimum Gasteiger partial charge on any atom is -0.512 e. The Hall–Kier alpha value is -3.79. The van der Waals surface area contributed by atoms with Gasteiger partial charge < -0.3 is 9.52 Å². The molecule has 1 aliphatic carbocycles. The number of carbonyl (C=O) groups excluding carboxylic acids is 1. The maximum Gasteiger partial charge on any atom is 0.164 e. The van der Waals surface area contributed by atoms with Crippen LogP contribution in [0.5, 0.6) is 0 Å². The second-order valence-electron chi connectivity index (χ2n) is 18.3. The smallest absolute Gasteiger partial charge is 0.164 e. The molecule has 1 radical (unpaired) electrons. The van der Waals surface area contributed by atoms with Crippen molar-refractivity contribution < 1.29 is 34.4 Å². The van der Waals surface area contributed by atoms with Crippen molar-refractivity contribution in [3.8, 4) is 11.3 Å². The van der Waals surface area contributed by atoms with Crippen molar-refractivity contribution in [2.75, 3.05) is 0 Å². The van der Waals surface area contributed by atoms with E-state index in [1.807, 2.05) is 33.9 Å². The van der Waals surface area contributed by atoms with Crippen LogP contribution in [0.15, 0.2) is 82.6 Å². The number of aliphatic hydroxyl groups excluding tert-OH is 1. The molecule has 1 aliphatic rings. The van der Waals surface area contributed by atoms with Gasteiger partial charge in [0.15, 0.2) is 5.78 Å². The standard InChI is InChI=1S/C37H36NO.C14H26O2.Ir/c1-35(2,3)30-19-24(18-22-10-8-9-11-25(22)30)33-27-21-28-26-12-13-29-32(37(6,7)16-15-36(29,4)5)34(26)39-31(28)20-23(27)14-17-38-33;1-6-11(7-2)13(15)10(5)14(16)12(8-3)9-4;/h8-14,17,19-21H,15-16H2,1-7H3;11-12,15H,6-9H2,1-5H3;/q-1;;/b;13-10-;. The van der Waals surface area contributed by atoms with E-state index in [-0.39, 0.29) is 54.0 Å². The summed E-state index contributed by atoms with van der Waals surface area (Å²) in [7, 11) is 0. The Morgan fingerprint density at radius 3 is 2.11 bits per heavy atom. The van der Waals surface area contributed by atoms with E-state index < -0.39 is 0 Å². The predicted molar refractivity (Wildman–Crippen MR) is 233 cm³/mol. The van der Waals surface area contributed by atoms with Gasteiger partial charge in [0, 0.05) is 65.7 Å². The Bertz CT molecular complexity index is 2410. The van der Waals surface area contributed by atoms with E-state index in [1.54, 1.807) is 6.92 Å². The molecular formula is C51H62IrNO3-. The summed E-state index contributed by atoms with van der Waals surface area (Å²) in [6.45, 7) is 26.2. The van der Waals surface area contributed by atoms with E-state index in [0.29, 0.717) is 11.3 Å². The van der Waals surface area contributed by atoms with Crippen LogP contribution in [0.4, 0.5) is 0 Å². The Morgan fingerprint density at radius 1 is 0.821 bits per heavy atom. The molecule has 4 aromatic carbocycles. The largest absolute Gasteiger partial charge is 0.512 e. The Kier molecular flexibility index (Phi) is 12.8. The second-order valence-corrected chi connectivity index (χ2v) is 18.3. The van der Waals surface area contributed by atoms with Crippen LogP contribution in [0.25, 0.3) is 54.7 Å². The first-order chi connectivity index (χ1) is 26.0. The first-order valence-corrected chi connectivity index (χ1v) is 20.7. The number of ketones is 1. The van der Waals surface area contributed by atoms with Crippen LogP contribution < -0.4 is 0 Å². The number of allylic oxidation sites excluding steroid dienone is 2. The van der Waals surface area contributed by atoms with Crippen molar-refractivity contribution in [2.45, 2.75) is 138 Å². The third kappa shape index (κ3) is 8.01. The third-order valence-corrected chi connectivity index (χ3v) is 12.6. The van der Waals surface area contributed by atoms with Crippen LogP contribution in [0.2, 0.25) is 0 Å². The normalized spacial score (nSPS) is 15.5. The fourth-order valence-corrected chi connectivity index (χ4v) is 8.89. The molecule has 7 rings (SSSR count). The zero-order valence-corrected chi connectivity index (χ0v) is 38.2. The number of carbonyl (C=O) groups is 1. The molecule has 0 atom stereocenters. The summed E-state index contributed by atoms with van der Waals surface area (Å²) in [5.41, 5.74) is 8.93. The van der Waals surface area contributed by atoms with Gasteiger partial charge in [-0.05, 0) is 96.2 Å². The first-order valence-electron chi connectivity index (χ1n) is 20.7. The molecule has 0 aliphatic heterocycles. The van der Waals surface area contributed by atoms with E-state index in [0.717, 1.165) is 76.1 Å². The quantitative estimate of drug-likeness (QED) is 0.0938. The van der Waals surface area contributed by atoms with Crippen molar-refractivity contribution in [2.24, 2.45) is 11.8 Å². The van der Waals surface area contributed by atoms with E-state index >= 15 is 0 Å². The van der Waals surface area contributed by atoms with Gasteiger partial charge in [-0.25, -0.2) is 0 Å². The molecule has 0 spiro atoms. The molecule has 0 amide bonds. The van der Waals surface area contributed by atoms with Gasteiger partial charge in [0.25, 0.3) is 0 Å². The molecule has 0 saturated heterocycles. The topological polar surface area (TPSA) is 63.3 Å². The Balaban J connectivity index is 0.000000302. The molecule has 2 heterocycles. The molecule has 2 aromatic heterocycles. The van der Waals surface area contributed by atoms with Gasteiger partial charge in [-0.2, -0.15) is 0 Å². The minimum absolute atomic E-state index is 0. The number of aromatic nitrogens is 1. The van der Waals surface area contributed by atoms with Gasteiger partial charge in [-0.15, -0.1) is 29.1 Å². The van der Waals surface area contributed by atoms with Crippen molar-refractivity contribution in [1.29, 1.82) is 0 Å². The summed E-state index contributed by atoms with van der Waals surface area (Å²) in [5.74, 6) is 0.631. The second kappa shape index (κ2) is 16.6. The Labute approximate surface area is 348 Å². The number of furan rings is 1. The van der Waals surface area contributed by atoms with Crippen LogP contribution in [0, 0.1) is 17.9 Å². The number of benzene rings is 4. The number of pyridine rings is 1. The number of Topliss-reactive ketones (excluding diaryl/α,β-unsaturated/α-hetero) is 1. The van der Waals surface area contributed by atoms with Gasteiger partial charge in [0.05, 0.1) is 0 Å². The first kappa shape index (κ1) is 43.3. The van der Waals surface area contributed by atoms with E-state index in [9.17, 15) is 9.90 Å². The number of rotatable bonds is 8. The summed E-state index contributed by atoms with van der Waals surface area (Å²) in [6, 6.07) is 25.8. The van der Waals surface area contributed by atoms with Crippen molar-refractivity contribution in [1.82, 2.24) is 4.98 Å². The maximum atomic E-state index is 12.1. The third-order valence-electron chi connectivity index (χ3n) is 12.6. The van der Waals surface area contributed by atoms with Crippen molar-refractivity contribution >= 4 is 49.3 Å². The average molecular weight is 929 g/mol. The molecule has 0 saturated carbocycles. The monoisotopic (exact) mass is 929 g/mol. The predicted octanol–water partition coefficient (Wildman–Crippen LogP) is 14.7. The summed E-state index contributed by atoms with van der Waals surface area (Å²) in [4.78, 5) is 17.0. The molecule has 0 unspecified atom stereocenters. The van der Waals surface area contributed by atoms with Crippen LogP contribution in [-0.4, -0.2) is 15.9 Å². The number of hydrogen-bond acceptors (Lipinski definition) is 4. The molecule has 0 fully saturated rings. The molecule has 6 aromatic rings. The van der Waals surface area contributed by atoms with Crippen LogP contribution in [0.1, 0.15) is 138 Å². The van der Waals surface area contributed by atoms with Crippen molar-refractivity contribution in [3.05, 3.63) is 101 Å². The SMILES string of the molecule is CC(C)(C)c1cc(-c2nccc3cc4oc5c6c(ccc5c4cc23)C(C)(C)CCC6(C)C)[c-]c2ccccc12.CCC(CC)C(=O)/C(C)=C(\O)C(CC)CC.[Ir]. The number of fused-ring (bicyclic) bond motifs is 7. The number of aliphatic hydroxyl groups is 1. The number of hydrogen-bond donors (Lipinski definition) is 1. The zero-order chi connectivity index (χ0) is 40.0. The molecular weight excluding hydrogens is 867 g/mol. The zero-order valence-electron chi connectivity index (χ0n) is 35.8.